The second kappa shape index (κ2) is 4.67. The van der Waals surface area contributed by atoms with Gasteiger partial charge in [-0.3, -0.25) is 0 Å². The summed E-state index contributed by atoms with van der Waals surface area (Å²) in [6.45, 7) is 0. The van der Waals surface area contributed by atoms with Crippen LogP contribution in [0.4, 0.5) is 0 Å². The lowest BCUT2D eigenvalue weighted by molar-refractivity contribution is 0.363. The van der Waals surface area contributed by atoms with E-state index in [-0.39, 0.29) is 0 Å². The largest absolute Gasteiger partial charge is 0.449 e. The van der Waals surface area contributed by atoms with Crippen molar-refractivity contribution >= 4 is 27.8 Å². The van der Waals surface area contributed by atoms with Gasteiger partial charge in [-0.1, -0.05) is 36.4 Å². The van der Waals surface area contributed by atoms with Gasteiger partial charge in [0.15, 0.2) is 23.0 Å². The zero-order chi connectivity index (χ0) is 16.4. The molecule has 1 aliphatic carbocycles. The summed E-state index contributed by atoms with van der Waals surface area (Å²) in [6.07, 6.45) is 6.55. The lowest BCUT2D eigenvalue weighted by Gasteiger charge is -2.21. The summed E-state index contributed by atoms with van der Waals surface area (Å²) in [4.78, 5) is 3.56. The Morgan fingerprint density at radius 1 is 0.840 bits per heavy atom. The van der Waals surface area contributed by atoms with Crippen LogP contribution in [0.3, 0.4) is 0 Å². The van der Waals surface area contributed by atoms with Gasteiger partial charge in [0.25, 0.3) is 0 Å². The van der Waals surface area contributed by atoms with Gasteiger partial charge < -0.3 is 14.5 Å². The van der Waals surface area contributed by atoms with Crippen molar-refractivity contribution in [3.63, 3.8) is 0 Å². The van der Waals surface area contributed by atoms with Gasteiger partial charge in [0, 0.05) is 16.6 Å². The second-order valence-corrected chi connectivity index (χ2v) is 6.62. The monoisotopic (exact) mass is 325 g/mol. The number of rotatable bonds is 0. The number of ether oxygens (including phenoxy) is 2. The molecule has 0 atom stereocenters. The van der Waals surface area contributed by atoms with Gasteiger partial charge in [0.2, 0.25) is 0 Å². The quantitative estimate of drug-likeness (QED) is 0.369. The van der Waals surface area contributed by atoms with Crippen LogP contribution in [0.5, 0.6) is 23.0 Å². The van der Waals surface area contributed by atoms with Gasteiger partial charge in [-0.2, -0.15) is 0 Å². The Kier molecular flexibility index (Phi) is 2.45. The van der Waals surface area contributed by atoms with Crippen LogP contribution in [0, 0.1) is 0 Å². The zero-order valence-electron chi connectivity index (χ0n) is 13.5. The van der Waals surface area contributed by atoms with E-state index in [1.54, 1.807) is 0 Å². The third-order valence-electron chi connectivity index (χ3n) is 5.10. The molecular weight excluding hydrogens is 310 g/mol. The first-order chi connectivity index (χ1) is 12.4. The predicted molar refractivity (Wildman–Crippen MR) is 99.7 cm³/mol. The second-order valence-electron chi connectivity index (χ2n) is 6.62. The van der Waals surface area contributed by atoms with E-state index < -0.39 is 0 Å². The first kappa shape index (κ1) is 13.1. The molecule has 4 aromatic rings. The van der Waals surface area contributed by atoms with Crippen molar-refractivity contribution in [1.29, 1.82) is 0 Å². The van der Waals surface area contributed by atoms with E-state index in [1.807, 2.05) is 24.3 Å². The predicted octanol–water partition coefficient (Wildman–Crippen LogP) is 6.18. The molecule has 0 fully saturated rings. The van der Waals surface area contributed by atoms with Crippen LogP contribution < -0.4 is 9.47 Å². The number of H-pyrrole nitrogens is 1. The topological polar surface area (TPSA) is 34.2 Å². The number of fused-ring (bicyclic) bond motifs is 7. The first-order valence-electron chi connectivity index (χ1n) is 8.59. The molecule has 2 aliphatic rings. The Hall–Kier alpha value is -3.20. The van der Waals surface area contributed by atoms with Crippen molar-refractivity contribution in [2.45, 2.75) is 12.8 Å². The van der Waals surface area contributed by atoms with Crippen LogP contribution in [0.1, 0.15) is 17.7 Å². The van der Waals surface area contributed by atoms with Crippen LogP contribution in [-0.4, -0.2) is 4.98 Å². The molecule has 1 aliphatic heterocycles. The molecule has 25 heavy (non-hydrogen) atoms. The summed E-state index contributed by atoms with van der Waals surface area (Å²) in [7, 11) is 0. The average Bonchev–Trinajstić information content (AvgIpc) is 3.04. The molecule has 2 heterocycles. The molecule has 3 heteroatoms. The Morgan fingerprint density at radius 3 is 2.48 bits per heavy atom. The molecule has 120 valence electrons. The maximum absolute atomic E-state index is 6.30. The highest BCUT2D eigenvalue weighted by Crippen LogP contribution is 2.50. The number of aromatic nitrogens is 1. The summed E-state index contributed by atoms with van der Waals surface area (Å²) in [5.74, 6) is 3.07. The fourth-order valence-electron chi connectivity index (χ4n) is 3.88. The molecule has 0 saturated carbocycles. The Morgan fingerprint density at radius 2 is 1.64 bits per heavy atom. The Bertz CT molecular complexity index is 1200. The molecule has 6 rings (SSSR count). The van der Waals surface area contributed by atoms with Crippen molar-refractivity contribution in [2.24, 2.45) is 0 Å². The molecule has 1 aromatic heterocycles. The lowest BCUT2D eigenvalue weighted by Crippen LogP contribution is -1.99. The molecular formula is C22H15NO2. The van der Waals surface area contributed by atoms with Gasteiger partial charge in [-0.25, -0.2) is 0 Å². The van der Waals surface area contributed by atoms with Crippen LogP contribution in [0.15, 0.2) is 54.6 Å². The number of aryl methyl sites for hydroxylation is 1. The van der Waals surface area contributed by atoms with Crippen molar-refractivity contribution in [2.75, 3.05) is 0 Å². The van der Waals surface area contributed by atoms with E-state index in [2.05, 4.69) is 41.4 Å². The van der Waals surface area contributed by atoms with Crippen molar-refractivity contribution < 1.29 is 9.47 Å². The van der Waals surface area contributed by atoms with Crippen molar-refractivity contribution in [3.8, 4) is 23.0 Å². The van der Waals surface area contributed by atoms with E-state index in [4.69, 9.17) is 9.47 Å². The van der Waals surface area contributed by atoms with Crippen molar-refractivity contribution in [1.82, 2.24) is 4.98 Å². The summed E-state index contributed by atoms with van der Waals surface area (Å²) < 4.78 is 12.5. The van der Waals surface area contributed by atoms with Gasteiger partial charge in [-0.05, 0) is 47.9 Å². The maximum atomic E-state index is 6.30. The van der Waals surface area contributed by atoms with E-state index in [0.29, 0.717) is 0 Å². The van der Waals surface area contributed by atoms with E-state index in [9.17, 15) is 0 Å². The van der Waals surface area contributed by atoms with E-state index >= 15 is 0 Å². The summed E-state index contributed by atoms with van der Waals surface area (Å²) in [6, 6.07) is 16.5. The van der Waals surface area contributed by atoms with Gasteiger partial charge >= 0.3 is 0 Å². The molecule has 0 spiro atoms. The smallest absolute Gasteiger partial charge is 0.194 e. The van der Waals surface area contributed by atoms with E-state index in [1.165, 1.54) is 16.6 Å². The van der Waals surface area contributed by atoms with E-state index in [0.717, 1.165) is 52.1 Å². The highest BCUT2D eigenvalue weighted by molar-refractivity contribution is 5.97. The van der Waals surface area contributed by atoms with Gasteiger partial charge in [0.05, 0.1) is 5.52 Å². The third kappa shape index (κ3) is 1.81. The molecule has 0 radical (unpaired) electrons. The molecule has 0 unspecified atom stereocenters. The fourth-order valence-corrected chi connectivity index (χ4v) is 3.88. The minimum Gasteiger partial charge on any atom is -0.449 e. The standard InChI is InChI=1S/C22H15NO2/c1-2-6-14-12-20-19(11-13(14)5-1)24-18-10-9-16-15-7-3-4-8-17(15)23-21(16)22(18)25-20/h1-3,5-7,9-12,23H,4,8H2. The average molecular weight is 325 g/mol. The number of nitrogens with one attached hydrogen (secondary N) is 1. The summed E-state index contributed by atoms with van der Waals surface area (Å²) in [5.41, 5.74) is 3.57. The number of hydrogen-bond donors (Lipinski definition) is 1. The molecule has 3 nitrogen and oxygen atoms in total. The highest BCUT2D eigenvalue weighted by Gasteiger charge is 2.24. The molecule has 0 bridgehead atoms. The molecule has 3 aromatic carbocycles. The number of aromatic amines is 1. The number of benzene rings is 3. The van der Waals surface area contributed by atoms with Crippen LogP contribution in [-0.2, 0) is 6.42 Å². The van der Waals surface area contributed by atoms with Crippen molar-refractivity contribution in [3.05, 3.63) is 65.9 Å². The minimum atomic E-state index is 0.762. The highest BCUT2D eigenvalue weighted by atomic mass is 16.6. The summed E-state index contributed by atoms with van der Waals surface area (Å²) in [5, 5.41) is 3.49. The number of allylic oxidation sites excluding steroid dienone is 1. The first-order valence-corrected chi connectivity index (χ1v) is 8.59. The minimum absolute atomic E-state index is 0.762. The maximum Gasteiger partial charge on any atom is 0.194 e. The summed E-state index contributed by atoms with van der Waals surface area (Å²) >= 11 is 0. The zero-order valence-corrected chi connectivity index (χ0v) is 13.5. The SMILES string of the molecule is C1=Cc2c([nH]c3c4c(ccc23)Oc2cc3ccccc3cc2O4)CC1. The molecule has 0 amide bonds. The number of hydrogen-bond acceptors (Lipinski definition) is 2. The van der Waals surface area contributed by atoms with Crippen LogP contribution in [0.25, 0.3) is 27.8 Å². The lowest BCUT2D eigenvalue weighted by atomic mass is 10.0. The van der Waals surface area contributed by atoms with Crippen LogP contribution >= 0.6 is 0 Å². The van der Waals surface area contributed by atoms with Gasteiger partial charge in [-0.15, -0.1) is 0 Å². The fraction of sp³-hybridized carbons (Fsp3) is 0.0909. The Balaban J connectivity index is 1.57. The molecule has 1 N–H and O–H groups in total. The molecule has 0 saturated heterocycles. The Labute approximate surface area is 144 Å². The normalized spacial score (nSPS) is 14.6. The van der Waals surface area contributed by atoms with Crippen LogP contribution in [0.2, 0.25) is 0 Å². The van der Waals surface area contributed by atoms with Gasteiger partial charge in [0.1, 0.15) is 0 Å². The third-order valence-corrected chi connectivity index (χ3v) is 5.10.